The summed E-state index contributed by atoms with van der Waals surface area (Å²) in [7, 11) is 0. The molecule has 0 aromatic heterocycles. The summed E-state index contributed by atoms with van der Waals surface area (Å²) in [4.78, 5) is 12.3. The molecule has 3 unspecified atom stereocenters. The van der Waals surface area contributed by atoms with Crippen LogP contribution in [-0.2, 0) is 4.79 Å². The Morgan fingerprint density at radius 1 is 1.56 bits per heavy atom. The van der Waals surface area contributed by atoms with Gasteiger partial charge in [-0.3, -0.25) is 4.79 Å². The zero-order chi connectivity index (χ0) is 13.2. The second-order valence-corrected chi connectivity index (χ2v) is 6.34. The van der Waals surface area contributed by atoms with Gasteiger partial charge in [-0.25, -0.2) is 0 Å². The van der Waals surface area contributed by atoms with Crippen LogP contribution in [-0.4, -0.2) is 36.2 Å². The fraction of sp³-hybridized carbons (Fsp3) is 0.929. The van der Waals surface area contributed by atoms with Crippen molar-refractivity contribution in [1.82, 2.24) is 10.6 Å². The summed E-state index contributed by atoms with van der Waals surface area (Å²) in [5.41, 5.74) is -0.361. The number of aliphatic hydroxyl groups is 1. The van der Waals surface area contributed by atoms with Gasteiger partial charge < -0.3 is 15.7 Å². The molecule has 1 saturated heterocycles. The van der Waals surface area contributed by atoms with E-state index in [1.54, 1.807) is 0 Å². The quantitative estimate of drug-likeness (QED) is 0.698. The van der Waals surface area contributed by atoms with Crippen LogP contribution in [0.4, 0.5) is 0 Å². The first-order valence-electron chi connectivity index (χ1n) is 7.20. The third kappa shape index (κ3) is 2.86. The van der Waals surface area contributed by atoms with Crippen molar-refractivity contribution in [2.75, 3.05) is 19.7 Å². The Hall–Kier alpha value is -0.610. The molecular formula is C14H26N2O2. The molecule has 0 radical (unpaired) electrons. The first-order valence-corrected chi connectivity index (χ1v) is 7.20. The average molecular weight is 254 g/mol. The van der Waals surface area contributed by atoms with Crippen LogP contribution in [0.5, 0.6) is 0 Å². The number of carbonyl (C=O) groups excluding carboxylic acids is 1. The lowest BCUT2D eigenvalue weighted by molar-refractivity contribution is -0.130. The Morgan fingerprint density at radius 2 is 2.28 bits per heavy atom. The predicted molar refractivity (Wildman–Crippen MR) is 71.1 cm³/mol. The van der Waals surface area contributed by atoms with E-state index in [2.05, 4.69) is 17.6 Å². The molecule has 2 rings (SSSR count). The maximum absolute atomic E-state index is 12.3. The van der Waals surface area contributed by atoms with Crippen molar-refractivity contribution >= 4 is 5.91 Å². The highest BCUT2D eigenvalue weighted by atomic mass is 16.3. The molecule has 0 aromatic rings. The third-order valence-corrected chi connectivity index (χ3v) is 4.72. The van der Waals surface area contributed by atoms with Gasteiger partial charge in [0.1, 0.15) is 0 Å². The van der Waals surface area contributed by atoms with Gasteiger partial charge >= 0.3 is 0 Å². The summed E-state index contributed by atoms with van der Waals surface area (Å²) in [5.74, 6) is 1.21. The van der Waals surface area contributed by atoms with E-state index in [1.807, 2.05) is 6.92 Å². The first-order chi connectivity index (χ1) is 8.56. The van der Waals surface area contributed by atoms with Crippen molar-refractivity contribution < 1.29 is 9.90 Å². The van der Waals surface area contributed by atoms with E-state index in [1.165, 1.54) is 6.42 Å². The topological polar surface area (TPSA) is 61.4 Å². The van der Waals surface area contributed by atoms with Crippen LogP contribution >= 0.6 is 0 Å². The van der Waals surface area contributed by atoms with Crippen LogP contribution in [0.25, 0.3) is 0 Å². The Morgan fingerprint density at radius 3 is 2.78 bits per heavy atom. The average Bonchev–Trinajstić information content (AvgIpc) is 2.26. The lowest BCUT2D eigenvalue weighted by Gasteiger charge is -2.41. The van der Waals surface area contributed by atoms with E-state index in [4.69, 9.17) is 0 Å². The minimum atomic E-state index is -0.361. The second-order valence-electron chi connectivity index (χ2n) is 6.34. The zero-order valence-electron chi connectivity index (χ0n) is 11.5. The molecule has 18 heavy (non-hydrogen) atoms. The van der Waals surface area contributed by atoms with Gasteiger partial charge in [0.25, 0.3) is 0 Å². The minimum Gasteiger partial charge on any atom is -0.394 e. The first kappa shape index (κ1) is 13.8. The Bertz CT molecular complexity index is 304. The molecule has 0 bridgehead atoms. The Kier molecular flexibility index (Phi) is 4.28. The van der Waals surface area contributed by atoms with E-state index in [0.717, 1.165) is 32.4 Å². The standard InChI is InChI=1S/C14H26N2O2/c1-10-4-3-5-14(6-10,9-17)16-13(18)11(2)12-7-15-8-12/h10-12,15,17H,3-9H2,1-2H3,(H,16,18). The van der Waals surface area contributed by atoms with Crippen LogP contribution in [0.15, 0.2) is 0 Å². The molecule has 3 atom stereocenters. The molecule has 104 valence electrons. The maximum Gasteiger partial charge on any atom is 0.223 e. The van der Waals surface area contributed by atoms with E-state index in [9.17, 15) is 9.90 Å². The van der Waals surface area contributed by atoms with Crippen molar-refractivity contribution in [1.29, 1.82) is 0 Å². The zero-order valence-corrected chi connectivity index (χ0v) is 11.5. The van der Waals surface area contributed by atoms with Gasteiger partial charge in [0.2, 0.25) is 5.91 Å². The molecule has 1 aliphatic heterocycles. The summed E-state index contributed by atoms with van der Waals surface area (Å²) in [6.45, 7) is 6.15. The lowest BCUT2D eigenvalue weighted by atomic mass is 9.76. The fourth-order valence-electron chi connectivity index (χ4n) is 3.21. The number of aliphatic hydroxyl groups excluding tert-OH is 1. The molecule has 0 aromatic carbocycles. The van der Waals surface area contributed by atoms with Crippen LogP contribution in [0.1, 0.15) is 39.5 Å². The van der Waals surface area contributed by atoms with Crippen molar-refractivity contribution in [3.05, 3.63) is 0 Å². The van der Waals surface area contributed by atoms with Crippen molar-refractivity contribution in [3.63, 3.8) is 0 Å². The van der Waals surface area contributed by atoms with Gasteiger partial charge in [-0.2, -0.15) is 0 Å². The van der Waals surface area contributed by atoms with Gasteiger partial charge in [-0.1, -0.05) is 26.7 Å². The number of hydrogen-bond acceptors (Lipinski definition) is 3. The van der Waals surface area contributed by atoms with Crippen molar-refractivity contribution in [2.45, 2.75) is 45.1 Å². The SMILES string of the molecule is CC1CCCC(CO)(NC(=O)C(C)C2CNC2)C1. The number of hydrogen-bond donors (Lipinski definition) is 3. The van der Waals surface area contributed by atoms with E-state index in [-0.39, 0.29) is 24.0 Å². The number of carbonyl (C=O) groups is 1. The molecule has 2 fully saturated rings. The summed E-state index contributed by atoms with van der Waals surface area (Å²) in [6.07, 6.45) is 4.13. The molecule has 4 nitrogen and oxygen atoms in total. The Balaban J connectivity index is 1.94. The van der Waals surface area contributed by atoms with Gasteiger partial charge in [-0.05, 0) is 37.8 Å². The molecule has 0 spiro atoms. The summed E-state index contributed by atoms with van der Waals surface area (Å²) in [5, 5.41) is 16.0. The second kappa shape index (κ2) is 5.57. The predicted octanol–water partition coefficient (Wildman–Crippen LogP) is 0.899. The van der Waals surface area contributed by atoms with E-state index < -0.39 is 0 Å². The molecule has 1 heterocycles. The smallest absolute Gasteiger partial charge is 0.223 e. The summed E-state index contributed by atoms with van der Waals surface area (Å²) >= 11 is 0. The number of amides is 1. The van der Waals surface area contributed by atoms with Crippen LogP contribution < -0.4 is 10.6 Å². The summed E-state index contributed by atoms with van der Waals surface area (Å²) in [6, 6.07) is 0. The number of rotatable bonds is 4. The molecule has 1 aliphatic carbocycles. The van der Waals surface area contributed by atoms with Gasteiger partial charge in [-0.15, -0.1) is 0 Å². The largest absolute Gasteiger partial charge is 0.394 e. The Labute approximate surface area is 110 Å². The molecule has 1 amide bonds. The highest BCUT2D eigenvalue weighted by Crippen LogP contribution is 2.32. The van der Waals surface area contributed by atoms with Crippen LogP contribution in [0, 0.1) is 17.8 Å². The van der Waals surface area contributed by atoms with Gasteiger partial charge in [0.05, 0.1) is 12.1 Å². The molecule has 1 saturated carbocycles. The molecule has 4 heteroatoms. The van der Waals surface area contributed by atoms with Crippen LogP contribution in [0.2, 0.25) is 0 Å². The highest BCUT2D eigenvalue weighted by Gasteiger charge is 2.38. The fourth-order valence-corrected chi connectivity index (χ4v) is 3.21. The highest BCUT2D eigenvalue weighted by molar-refractivity contribution is 5.79. The molecule has 3 N–H and O–H groups in total. The van der Waals surface area contributed by atoms with Crippen molar-refractivity contribution in [2.24, 2.45) is 17.8 Å². The lowest BCUT2D eigenvalue weighted by Crippen LogP contribution is -2.57. The minimum absolute atomic E-state index is 0.0481. The summed E-state index contributed by atoms with van der Waals surface area (Å²) < 4.78 is 0. The number of nitrogens with one attached hydrogen (secondary N) is 2. The van der Waals surface area contributed by atoms with Crippen molar-refractivity contribution in [3.8, 4) is 0 Å². The normalized spacial score (nSPS) is 34.7. The third-order valence-electron chi connectivity index (χ3n) is 4.72. The molecule has 2 aliphatic rings. The van der Waals surface area contributed by atoms with E-state index in [0.29, 0.717) is 11.8 Å². The maximum atomic E-state index is 12.3. The molecular weight excluding hydrogens is 228 g/mol. The van der Waals surface area contributed by atoms with Gasteiger partial charge in [0.15, 0.2) is 0 Å². The monoisotopic (exact) mass is 254 g/mol. The van der Waals surface area contributed by atoms with Gasteiger partial charge in [0, 0.05) is 5.92 Å². The van der Waals surface area contributed by atoms with Crippen LogP contribution in [0.3, 0.4) is 0 Å². The van der Waals surface area contributed by atoms with E-state index >= 15 is 0 Å².